The standard InChI is InChI=1S/C17H15N3O5/c21-13(18-11-3-5-12(6-4-11)20(24)25)8-19-16(22)14-9-1-2-10(7-9)15(14)17(19)23/h1-6,9-10,14-15H,7-8H2,(H,18,21)/t9-,10-,14+,15+/m1/s1. The minimum absolute atomic E-state index is 0.0845. The third kappa shape index (κ3) is 2.41. The predicted octanol–water partition coefficient (Wildman–Crippen LogP) is 1.34. The molecule has 1 saturated heterocycles. The van der Waals surface area contributed by atoms with E-state index in [2.05, 4.69) is 5.32 Å². The maximum atomic E-state index is 12.5. The zero-order valence-corrected chi connectivity index (χ0v) is 13.1. The Morgan fingerprint density at radius 3 is 2.20 bits per heavy atom. The molecule has 8 heteroatoms. The van der Waals surface area contributed by atoms with Gasteiger partial charge in [0.1, 0.15) is 6.54 Å². The van der Waals surface area contributed by atoms with E-state index in [1.54, 1.807) is 0 Å². The zero-order valence-electron chi connectivity index (χ0n) is 13.1. The Bertz CT molecular complexity index is 786. The minimum Gasteiger partial charge on any atom is -0.325 e. The molecule has 1 heterocycles. The van der Waals surface area contributed by atoms with E-state index < -0.39 is 10.8 Å². The highest BCUT2D eigenvalue weighted by Gasteiger charge is 2.59. The van der Waals surface area contributed by atoms with Crippen molar-refractivity contribution in [1.29, 1.82) is 0 Å². The summed E-state index contributed by atoms with van der Waals surface area (Å²) in [6.45, 7) is -0.332. The number of anilines is 1. The number of likely N-dealkylation sites (tertiary alicyclic amines) is 1. The number of nitrogens with one attached hydrogen (secondary N) is 1. The zero-order chi connectivity index (χ0) is 17.7. The number of allylic oxidation sites excluding steroid dienone is 2. The quantitative estimate of drug-likeness (QED) is 0.385. The van der Waals surface area contributed by atoms with Crippen molar-refractivity contribution in [3.8, 4) is 0 Å². The van der Waals surface area contributed by atoms with Crippen LogP contribution in [-0.2, 0) is 14.4 Å². The molecule has 2 fully saturated rings. The number of nitrogens with zero attached hydrogens (tertiary/aromatic N) is 2. The molecule has 2 bridgehead atoms. The van der Waals surface area contributed by atoms with Crippen molar-refractivity contribution in [3.05, 3.63) is 46.5 Å². The monoisotopic (exact) mass is 341 g/mol. The molecule has 3 amide bonds. The van der Waals surface area contributed by atoms with Crippen LogP contribution in [0.2, 0.25) is 0 Å². The fraction of sp³-hybridized carbons (Fsp3) is 0.353. The first-order valence-corrected chi connectivity index (χ1v) is 8.03. The molecule has 128 valence electrons. The van der Waals surface area contributed by atoms with Crippen molar-refractivity contribution < 1.29 is 19.3 Å². The average Bonchev–Trinajstić information content (AvgIpc) is 3.25. The number of nitro groups is 1. The molecule has 2 aliphatic carbocycles. The summed E-state index contributed by atoms with van der Waals surface area (Å²) < 4.78 is 0. The first-order chi connectivity index (χ1) is 12.0. The lowest BCUT2D eigenvalue weighted by Gasteiger charge is -2.16. The van der Waals surface area contributed by atoms with Crippen molar-refractivity contribution in [1.82, 2.24) is 4.90 Å². The molecular formula is C17H15N3O5. The van der Waals surface area contributed by atoms with E-state index in [1.807, 2.05) is 12.2 Å². The van der Waals surface area contributed by atoms with Gasteiger partial charge in [0, 0.05) is 17.8 Å². The van der Waals surface area contributed by atoms with Crippen LogP contribution >= 0.6 is 0 Å². The first-order valence-electron chi connectivity index (χ1n) is 8.03. The molecule has 1 aliphatic heterocycles. The van der Waals surface area contributed by atoms with E-state index in [-0.39, 0.29) is 47.7 Å². The van der Waals surface area contributed by atoms with Crippen molar-refractivity contribution in [2.45, 2.75) is 6.42 Å². The maximum Gasteiger partial charge on any atom is 0.269 e. The van der Waals surface area contributed by atoms with E-state index in [0.29, 0.717) is 5.69 Å². The Labute approximate surface area is 142 Å². The highest BCUT2D eigenvalue weighted by molar-refractivity contribution is 6.09. The summed E-state index contributed by atoms with van der Waals surface area (Å²) in [7, 11) is 0. The van der Waals surface area contributed by atoms with Gasteiger partial charge in [-0.05, 0) is 30.4 Å². The van der Waals surface area contributed by atoms with Crippen LogP contribution in [-0.4, -0.2) is 34.1 Å². The molecule has 0 aromatic heterocycles. The Kier molecular flexibility index (Phi) is 3.41. The van der Waals surface area contributed by atoms with Crippen LogP contribution < -0.4 is 5.32 Å². The molecule has 0 unspecified atom stereocenters. The second-order valence-corrected chi connectivity index (χ2v) is 6.61. The van der Waals surface area contributed by atoms with E-state index in [9.17, 15) is 24.5 Å². The smallest absolute Gasteiger partial charge is 0.269 e. The second-order valence-electron chi connectivity index (χ2n) is 6.61. The molecule has 1 aromatic carbocycles. The lowest BCUT2D eigenvalue weighted by Crippen LogP contribution is -2.39. The van der Waals surface area contributed by atoms with Gasteiger partial charge in [-0.2, -0.15) is 0 Å². The summed E-state index contributed by atoms with van der Waals surface area (Å²) in [6.07, 6.45) is 4.84. The fourth-order valence-corrected chi connectivity index (χ4v) is 4.13. The van der Waals surface area contributed by atoms with Gasteiger partial charge in [-0.1, -0.05) is 12.2 Å². The molecule has 4 rings (SSSR count). The van der Waals surface area contributed by atoms with Gasteiger partial charge >= 0.3 is 0 Å². The third-order valence-electron chi connectivity index (χ3n) is 5.23. The van der Waals surface area contributed by atoms with Crippen LogP contribution in [0.15, 0.2) is 36.4 Å². The molecule has 0 radical (unpaired) electrons. The van der Waals surface area contributed by atoms with E-state index in [0.717, 1.165) is 11.3 Å². The molecule has 1 N–H and O–H groups in total. The molecule has 1 aromatic rings. The fourth-order valence-electron chi connectivity index (χ4n) is 4.13. The topological polar surface area (TPSA) is 110 Å². The lowest BCUT2D eigenvalue weighted by molar-refractivity contribution is -0.384. The number of hydrogen-bond donors (Lipinski definition) is 1. The van der Waals surface area contributed by atoms with Crippen molar-refractivity contribution in [3.63, 3.8) is 0 Å². The van der Waals surface area contributed by atoms with Gasteiger partial charge in [0.05, 0.1) is 16.8 Å². The van der Waals surface area contributed by atoms with Crippen LogP contribution in [0.4, 0.5) is 11.4 Å². The van der Waals surface area contributed by atoms with Crippen molar-refractivity contribution in [2.24, 2.45) is 23.7 Å². The summed E-state index contributed by atoms with van der Waals surface area (Å²) in [5, 5.41) is 13.2. The number of imide groups is 1. The summed E-state index contributed by atoms with van der Waals surface area (Å²) >= 11 is 0. The van der Waals surface area contributed by atoms with E-state index in [4.69, 9.17) is 0 Å². The van der Waals surface area contributed by atoms with Gasteiger partial charge in [-0.15, -0.1) is 0 Å². The molecule has 8 nitrogen and oxygen atoms in total. The van der Waals surface area contributed by atoms with E-state index >= 15 is 0 Å². The number of benzene rings is 1. The number of fused-ring (bicyclic) bond motifs is 5. The minimum atomic E-state index is -0.533. The van der Waals surface area contributed by atoms with Crippen LogP contribution in [0.5, 0.6) is 0 Å². The summed E-state index contributed by atoms with van der Waals surface area (Å²) in [5.74, 6) is -1.49. The van der Waals surface area contributed by atoms with Gasteiger partial charge in [0.2, 0.25) is 17.7 Å². The van der Waals surface area contributed by atoms with Crippen molar-refractivity contribution in [2.75, 3.05) is 11.9 Å². The van der Waals surface area contributed by atoms with Crippen LogP contribution in [0.1, 0.15) is 6.42 Å². The Hall–Kier alpha value is -3.03. The molecule has 4 atom stereocenters. The van der Waals surface area contributed by atoms with Crippen molar-refractivity contribution >= 4 is 29.1 Å². The van der Waals surface area contributed by atoms with Crippen LogP contribution in [0, 0.1) is 33.8 Å². The van der Waals surface area contributed by atoms with E-state index in [1.165, 1.54) is 24.3 Å². The number of carbonyl (C=O) groups excluding carboxylic acids is 3. The highest BCUT2D eigenvalue weighted by atomic mass is 16.6. The summed E-state index contributed by atoms with van der Waals surface area (Å²) in [4.78, 5) is 48.3. The first kappa shape index (κ1) is 15.5. The summed E-state index contributed by atoms with van der Waals surface area (Å²) in [5.41, 5.74) is 0.287. The van der Waals surface area contributed by atoms with Gasteiger partial charge < -0.3 is 5.32 Å². The molecule has 3 aliphatic rings. The number of carbonyl (C=O) groups is 3. The normalized spacial score (nSPS) is 29.2. The molecule has 0 spiro atoms. The second kappa shape index (κ2) is 5.51. The van der Waals surface area contributed by atoms with Crippen LogP contribution in [0.25, 0.3) is 0 Å². The van der Waals surface area contributed by atoms with Gasteiger partial charge in [-0.25, -0.2) is 0 Å². The SMILES string of the molecule is O=C(CN1C(=O)[C@@H]2[C@@H](C1=O)[C@@H]1C=C[C@@H]2C1)Nc1ccc([N+](=O)[O-])cc1. The largest absolute Gasteiger partial charge is 0.325 e. The van der Waals surface area contributed by atoms with Gasteiger partial charge in [-0.3, -0.25) is 29.4 Å². The Morgan fingerprint density at radius 2 is 1.68 bits per heavy atom. The number of nitro benzene ring substituents is 1. The highest BCUT2D eigenvalue weighted by Crippen LogP contribution is 2.52. The number of non-ortho nitro benzene ring substituents is 1. The summed E-state index contributed by atoms with van der Waals surface area (Å²) in [6, 6.07) is 5.36. The predicted molar refractivity (Wildman–Crippen MR) is 86.2 cm³/mol. The Morgan fingerprint density at radius 1 is 1.12 bits per heavy atom. The van der Waals surface area contributed by atoms with Gasteiger partial charge in [0.25, 0.3) is 5.69 Å². The number of hydrogen-bond acceptors (Lipinski definition) is 5. The van der Waals surface area contributed by atoms with Crippen LogP contribution in [0.3, 0.4) is 0 Å². The van der Waals surface area contributed by atoms with Gasteiger partial charge in [0.15, 0.2) is 0 Å². The third-order valence-corrected chi connectivity index (χ3v) is 5.23. The average molecular weight is 341 g/mol. The molecular weight excluding hydrogens is 326 g/mol. The molecule has 1 saturated carbocycles. The molecule has 25 heavy (non-hydrogen) atoms. The lowest BCUT2D eigenvalue weighted by atomic mass is 9.85. The maximum absolute atomic E-state index is 12.5. The Balaban J connectivity index is 1.42. The number of amides is 3. The number of rotatable bonds is 4.